The minimum absolute atomic E-state index is 0.00971. The van der Waals surface area contributed by atoms with Crippen LogP contribution in [0.3, 0.4) is 0 Å². The lowest BCUT2D eigenvalue weighted by molar-refractivity contribution is 0.275. The molecule has 8 heteroatoms. The second-order valence-electron chi connectivity index (χ2n) is 3.84. The van der Waals surface area contributed by atoms with Crippen molar-refractivity contribution in [3.63, 3.8) is 0 Å². The summed E-state index contributed by atoms with van der Waals surface area (Å²) in [5.41, 5.74) is 5.88. The van der Waals surface area contributed by atoms with Gasteiger partial charge in [0.25, 0.3) is 0 Å². The summed E-state index contributed by atoms with van der Waals surface area (Å²) in [7, 11) is -3.71. The van der Waals surface area contributed by atoms with Crippen molar-refractivity contribution in [3.8, 4) is 0 Å². The SMILES string of the molecule is CC(CCO)NS(=O)(=O)c1c(N)cc(Br)cc1Br. The van der Waals surface area contributed by atoms with Crippen LogP contribution in [0.25, 0.3) is 0 Å². The summed E-state index contributed by atoms with van der Waals surface area (Å²) in [5, 5.41) is 8.77. The highest BCUT2D eigenvalue weighted by Gasteiger charge is 2.23. The number of nitrogens with two attached hydrogens (primary N) is 1. The van der Waals surface area contributed by atoms with Crippen LogP contribution < -0.4 is 10.5 Å². The van der Waals surface area contributed by atoms with Gasteiger partial charge in [-0.1, -0.05) is 15.9 Å². The lowest BCUT2D eigenvalue weighted by atomic mass is 10.3. The van der Waals surface area contributed by atoms with Gasteiger partial charge in [-0.25, -0.2) is 13.1 Å². The van der Waals surface area contributed by atoms with Gasteiger partial charge >= 0.3 is 0 Å². The van der Waals surface area contributed by atoms with E-state index < -0.39 is 10.0 Å². The Balaban J connectivity index is 3.13. The fourth-order valence-corrected chi connectivity index (χ4v) is 4.79. The van der Waals surface area contributed by atoms with Crippen LogP contribution in [0.4, 0.5) is 5.69 Å². The molecule has 0 radical (unpaired) electrons. The molecule has 0 saturated carbocycles. The Morgan fingerprint density at radius 1 is 1.44 bits per heavy atom. The van der Waals surface area contributed by atoms with Crippen LogP contribution >= 0.6 is 31.9 Å². The summed E-state index contributed by atoms with van der Waals surface area (Å²) in [6.45, 7) is 1.59. The number of anilines is 1. The summed E-state index contributed by atoms with van der Waals surface area (Å²) in [4.78, 5) is 0.00971. The number of halogens is 2. The standard InChI is InChI=1S/C10H14Br2N2O3S/c1-6(2-3-15)14-18(16,17)10-8(12)4-7(11)5-9(10)13/h4-6,14-15H,2-3,13H2,1H3. The van der Waals surface area contributed by atoms with Crippen molar-refractivity contribution in [2.45, 2.75) is 24.3 Å². The zero-order valence-electron chi connectivity index (χ0n) is 9.65. The first-order valence-electron chi connectivity index (χ1n) is 5.15. The first-order chi connectivity index (χ1) is 8.27. The molecule has 0 spiro atoms. The quantitative estimate of drug-likeness (QED) is 0.656. The fraction of sp³-hybridized carbons (Fsp3) is 0.400. The Morgan fingerprint density at radius 2 is 2.06 bits per heavy atom. The molecule has 1 unspecified atom stereocenters. The van der Waals surface area contributed by atoms with Gasteiger partial charge < -0.3 is 10.8 Å². The van der Waals surface area contributed by atoms with Gasteiger partial charge in [0, 0.05) is 21.6 Å². The minimum atomic E-state index is -3.71. The zero-order chi connectivity index (χ0) is 13.9. The molecule has 0 amide bonds. The predicted molar refractivity (Wildman–Crippen MR) is 77.7 cm³/mol. The highest BCUT2D eigenvalue weighted by molar-refractivity contribution is 9.11. The van der Waals surface area contributed by atoms with E-state index in [1.54, 1.807) is 13.0 Å². The number of aliphatic hydroxyl groups is 1. The maximum absolute atomic E-state index is 12.2. The Morgan fingerprint density at radius 3 is 2.56 bits per heavy atom. The minimum Gasteiger partial charge on any atom is -0.398 e. The molecule has 1 atom stereocenters. The monoisotopic (exact) mass is 400 g/mol. The van der Waals surface area contributed by atoms with E-state index in [1.807, 2.05) is 0 Å². The number of hydrogen-bond donors (Lipinski definition) is 3. The van der Waals surface area contributed by atoms with Crippen molar-refractivity contribution >= 4 is 47.6 Å². The van der Waals surface area contributed by atoms with Gasteiger partial charge in [-0.2, -0.15) is 0 Å². The van der Waals surface area contributed by atoms with E-state index in [9.17, 15) is 8.42 Å². The third-order valence-electron chi connectivity index (χ3n) is 2.22. The number of nitrogen functional groups attached to an aromatic ring is 1. The molecule has 18 heavy (non-hydrogen) atoms. The molecule has 1 aromatic rings. The maximum Gasteiger partial charge on any atom is 0.243 e. The van der Waals surface area contributed by atoms with E-state index in [0.29, 0.717) is 15.4 Å². The molecule has 0 aliphatic heterocycles. The number of nitrogens with one attached hydrogen (secondary N) is 1. The maximum atomic E-state index is 12.2. The lowest BCUT2D eigenvalue weighted by Gasteiger charge is -2.15. The summed E-state index contributed by atoms with van der Waals surface area (Å²) in [6.07, 6.45) is 0.341. The smallest absolute Gasteiger partial charge is 0.243 e. The summed E-state index contributed by atoms with van der Waals surface area (Å²) in [6, 6.07) is 2.77. The fourth-order valence-electron chi connectivity index (χ4n) is 1.44. The molecule has 0 bridgehead atoms. The topological polar surface area (TPSA) is 92.4 Å². The average Bonchev–Trinajstić information content (AvgIpc) is 2.13. The molecule has 0 saturated heterocycles. The van der Waals surface area contributed by atoms with Crippen molar-refractivity contribution < 1.29 is 13.5 Å². The van der Waals surface area contributed by atoms with Crippen molar-refractivity contribution in [1.29, 1.82) is 0 Å². The first kappa shape index (κ1) is 15.9. The normalized spacial score (nSPS) is 13.6. The Bertz CT molecular complexity index is 511. The molecule has 0 aromatic heterocycles. The van der Waals surface area contributed by atoms with Crippen LogP contribution in [0.15, 0.2) is 26.0 Å². The van der Waals surface area contributed by atoms with Gasteiger partial charge in [0.1, 0.15) is 4.90 Å². The van der Waals surface area contributed by atoms with Crippen molar-refractivity contribution in [1.82, 2.24) is 4.72 Å². The second kappa shape index (κ2) is 6.33. The molecular formula is C10H14Br2N2O3S. The summed E-state index contributed by atoms with van der Waals surface area (Å²) < 4.78 is 27.8. The molecule has 0 aliphatic rings. The Hall–Kier alpha value is -0.150. The van der Waals surface area contributed by atoms with E-state index in [2.05, 4.69) is 36.6 Å². The van der Waals surface area contributed by atoms with E-state index in [4.69, 9.17) is 10.8 Å². The predicted octanol–water partition coefficient (Wildman–Crippen LogP) is 1.84. The van der Waals surface area contributed by atoms with E-state index >= 15 is 0 Å². The molecule has 102 valence electrons. The highest BCUT2D eigenvalue weighted by Crippen LogP contribution is 2.31. The Labute approximate surface area is 123 Å². The third-order valence-corrected chi connectivity index (χ3v) is 5.28. The second-order valence-corrected chi connectivity index (χ2v) is 7.26. The average molecular weight is 402 g/mol. The largest absolute Gasteiger partial charge is 0.398 e. The van der Waals surface area contributed by atoms with Gasteiger partial charge in [0.15, 0.2) is 0 Å². The van der Waals surface area contributed by atoms with Gasteiger partial charge in [-0.05, 0) is 41.4 Å². The van der Waals surface area contributed by atoms with E-state index in [0.717, 1.165) is 0 Å². The molecule has 0 aliphatic carbocycles. The molecule has 4 N–H and O–H groups in total. The molecule has 5 nitrogen and oxygen atoms in total. The summed E-state index contributed by atoms with van der Waals surface area (Å²) >= 11 is 6.42. The van der Waals surface area contributed by atoms with Crippen LogP contribution in [0.2, 0.25) is 0 Å². The number of sulfonamides is 1. The van der Waals surface area contributed by atoms with E-state index in [-0.39, 0.29) is 23.2 Å². The summed E-state index contributed by atoms with van der Waals surface area (Å²) in [5.74, 6) is 0. The van der Waals surface area contributed by atoms with Gasteiger partial charge in [-0.15, -0.1) is 0 Å². The first-order valence-corrected chi connectivity index (χ1v) is 8.22. The van der Waals surface area contributed by atoms with Crippen LogP contribution in [-0.2, 0) is 10.0 Å². The van der Waals surface area contributed by atoms with Crippen molar-refractivity contribution in [2.75, 3.05) is 12.3 Å². The van der Waals surface area contributed by atoms with Crippen LogP contribution in [-0.4, -0.2) is 26.2 Å². The molecule has 1 aromatic carbocycles. The third kappa shape index (κ3) is 3.92. The number of rotatable bonds is 5. The van der Waals surface area contributed by atoms with Crippen LogP contribution in [0.5, 0.6) is 0 Å². The molecular weight excluding hydrogens is 388 g/mol. The van der Waals surface area contributed by atoms with Gasteiger partial charge in [-0.3, -0.25) is 0 Å². The number of benzene rings is 1. The van der Waals surface area contributed by atoms with Gasteiger partial charge in [0.05, 0.1) is 5.69 Å². The molecule has 1 rings (SSSR count). The zero-order valence-corrected chi connectivity index (χ0v) is 13.6. The number of hydrogen-bond acceptors (Lipinski definition) is 4. The van der Waals surface area contributed by atoms with Gasteiger partial charge in [0.2, 0.25) is 10.0 Å². The highest BCUT2D eigenvalue weighted by atomic mass is 79.9. The number of aliphatic hydroxyl groups excluding tert-OH is 1. The van der Waals surface area contributed by atoms with Crippen LogP contribution in [0.1, 0.15) is 13.3 Å². The molecule has 0 heterocycles. The van der Waals surface area contributed by atoms with E-state index in [1.165, 1.54) is 6.07 Å². The van der Waals surface area contributed by atoms with Crippen molar-refractivity contribution in [3.05, 3.63) is 21.1 Å². The Kier molecular flexibility index (Phi) is 5.60. The van der Waals surface area contributed by atoms with Crippen LogP contribution in [0, 0.1) is 0 Å². The lowest BCUT2D eigenvalue weighted by Crippen LogP contribution is -2.33. The molecule has 0 fully saturated rings. The van der Waals surface area contributed by atoms with Crippen molar-refractivity contribution in [2.24, 2.45) is 0 Å².